The highest BCUT2D eigenvalue weighted by Crippen LogP contribution is 2.18. The molecule has 0 amide bonds. The Hall–Kier alpha value is -0.340. The minimum absolute atomic E-state index is 0.924. The van der Waals surface area contributed by atoms with Gasteiger partial charge in [-0.3, -0.25) is 4.90 Å². The average Bonchev–Trinajstić information content (AvgIpc) is 2.59. The molecule has 1 aliphatic heterocycles. The molecule has 0 atom stereocenters. The molecule has 68 valence electrons. The minimum Gasteiger partial charge on any atom is -0.379 e. The van der Waals surface area contributed by atoms with E-state index < -0.39 is 0 Å². The summed E-state index contributed by atoms with van der Waals surface area (Å²) in [6.07, 6.45) is 6.42. The summed E-state index contributed by atoms with van der Waals surface area (Å²) >= 11 is 0. The van der Waals surface area contributed by atoms with Crippen molar-refractivity contribution < 1.29 is 4.74 Å². The molecule has 0 aromatic carbocycles. The molecule has 2 rings (SSSR count). The van der Waals surface area contributed by atoms with E-state index in [2.05, 4.69) is 11.0 Å². The van der Waals surface area contributed by atoms with Crippen LogP contribution in [0.5, 0.6) is 0 Å². The second-order valence-corrected chi connectivity index (χ2v) is 3.64. The standard InChI is InChI=1S/C10H17NO/c1-2-4-10(3-1)9-11-5-7-12-8-6-11/h3H,1-2,4-9H2. The van der Waals surface area contributed by atoms with Crippen molar-refractivity contribution in [1.29, 1.82) is 0 Å². The van der Waals surface area contributed by atoms with E-state index >= 15 is 0 Å². The smallest absolute Gasteiger partial charge is 0.0594 e. The Morgan fingerprint density at radius 2 is 2.17 bits per heavy atom. The van der Waals surface area contributed by atoms with E-state index in [1.165, 1.54) is 25.8 Å². The zero-order valence-electron chi connectivity index (χ0n) is 7.59. The summed E-state index contributed by atoms with van der Waals surface area (Å²) in [4.78, 5) is 2.50. The third-order valence-corrected chi connectivity index (χ3v) is 2.67. The molecule has 0 spiro atoms. The summed E-state index contributed by atoms with van der Waals surface area (Å²) in [7, 11) is 0. The van der Waals surface area contributed by atoms with Gasteiger partial charge in [-0.1, -0.05) is 11.6 Å². The van der Waals surface area contributed by atoms with Crippen LogP contribution < -0.4 is 0 Å². The van der Waals surface area contributed by atoms with Crippen molar-refractivity contribution in [1.82, 2.24) is 4.90 Å². The Kier molecular flexibility index (Phi) is 2.79. The van der Waals surface area contributed by atoms with Crippen LogP contribution >= 0.6 is 0 Å². The summed E-state index contributed by atoms with van der Waals surface area (Å²) in [6, 6.07) is 0. The molecular formula is C10H17NO. The number of rotatable bonds is 2. The van der Waals surface area contributed by atoms with E-state index in [1.807, 2.05) is 0 Å². The molecule has 1 heterocycles. The normalized spacial score (nSPS) is 25.8. The van der Waals surface area contributed by atoms with Gasteiger partial charge in [0.2, 0.25) is 0 Å². The van der Waals surface area contributed by atoms with Crippen LogP contribution in [-0.2, 0) is 4.74 Å². The van der Waals surface area contributed by atoms with Crippen molar-refractivity contribution in [2.24, 2.45) is 0 Å². The van der Waals surface area contributed by atoms with Crippen molar-refractivity contribution in [3.63, 3.8) is 0 Å². The van der Waals surface area contributed by atoms with Crippen LogP contribution in [0.1, 0.15) is 19.3 Å². The predicted molar refractivity (Wildman–Crippen MR) is 49.2 cm³/mol. The molecule has 12 heavy (non-hydrogen) atoms. The summed E-state index contributed by atoms with van der Waals surface area (Å²) < 4.78 is 5.30. The maximum atomic E-state index is 5.30. The average molecular weight is 167 g/mol. The molecule has 0 aromatic rings. The number of nitrogens with zero attached hydrogens (tertiary/aromatic N) is 1. The van der Waals surface area contributed by atoms with Gasteiger partial charge in [0.1, 0.15) is 0 Å². The van der Waals surface area contributed by atoms with Gasteiger partial charge in [-0.2, -0.15) is 0 Å². The van der Waals surface area contributed by atoms with Gasteiger partial charge in [0.05, 0.1) is 13.2 Å². The van der Waals surface area contributed by atoms with Crippen LogP contribution in [0.25, 0.3) is 0 Å². The van der Waals surface area contributed by atoms with Crippen LogP contribution in [0.4, 0.5) is 0 Å². The van der Waals surface area contributed by atoms with E-state index in [4.69, 9.17) is 4.74 Å². The van der Waals surface area contributed by atoms with Gasteiger partial charge in [-0.05, 0) is 19.3 Å². The minimum atomic E-state index is 0.924. The maximum absolute atomic E-state index is 5.30. The fourth-order valence-electron chi connectivity index (χ4n) is 1.93. The highest BCUT2D eigenvalue weighted by Gasteiger charge is 2.13. The first-order chi connectivity index (χ1) is 5.95. The highest BCUT2D eigenvalue weighted by atomic mass is 16.5. The number of hydrogen-bond acceptors (Lipinski definition) is 2. The molecule has 0 N–H and O–H groups in total. The number of allylic oxidation sites excluding steroid dienone is 1. The monoisotopic (exact) mass is 167 g/mol. The van der Waals surface area contributed by atoms with Crippen LogP contribution in [0.3, 0.4) is 0 Å². The Morgan fingerprint density at radius 1 is 1.33 bits per heavy atom. The summed E-state index contributed by atoms with van der Waals surface area (Å²) in [6.45, 7) is 5.29. The molecule has 0 bridgehead atoms. The zero-order chi connectivity index (χ0) is 8.23. The van der Waals surface area contributed by atoms with Crippen LogP contribution in [0.15, 0.2) is 11.6 Å². The molecule has 0 saturated carbocycles. The Balaban J connectivity index is 1.77. The topological polar surface area (TPSA) is 12.5 Å². The lowest BCUT2D eigenvalue weighted by molar-refractivity contribution is 0.0421. The van der Waals surface area contributed by atoms with E-state index in [9.17, 15) is 0 Å². The van der Waals surface area contributed by atoms with Crippen LogP contribution in [-0.4, -0.2) is 37.7 Å². The SMILES string of the molecule is C1=C(CN2CCOCC2)CCC1. The molecule has 2 heteroatoms. The molecule has 1 fully saturated rings. The maximum Gasteiger partial charge on any atom is 0.0594 e. The van der Waals surface area contributed by atoms with E-state index in [1.54, 1.807) is 5.57 Å². The number of ether oxygens (including phenoxy) is 1. The summed E-state index contributed by atoms with van der Waals surface area (Å²) in [5.41, 5.74) is 1.65. The summed E-state index contributed by atoms with van der Waals surface area (Å²) in [5.74, 6) is 0. The Labute approximate surface area is 74.2 Å². The number of morpholine rings is 1. The zero-order valence-corrected chi connectivity index (χ0v) is 7.59. The first kappa shape index (κ1) is 8.27. The summed E-state index contributed by atoms with van der Waals surface area (Å²) in [5, 5.41) is 0. The Morgan fingerprint density at radius 3 is 2.83 bits per heavy atom. The first-order valence-corrected chi connectivity index (χ1v) is 4.93. The molecule has 2 aliphatic rings. The van der Waals surface area contributed by atoms with Crippen molar-refractivity contribution >= 4 is 0 Å². The van der Waals surface area contributed by atoms with Crippen molar-refractivity contribution in [3.05, 3.63) is 11.6 Å². The van der Waals surface area contributed by atoms with E-state index in [0.29, 0.717) is 0 Å². The van der Waals surface area contributed by atoms with Crippen molar-refractivity contribution in [2.45, 2.75) is 19.3 Å². The van der Waals surface area contributed by atoms with Gasteiger partial charge in [0.25, 0.3) is 0 Å². The van der Waals surface area contributed by atoms with Crippen molar-refractivity contribution in [3.8, 4) is 0 Å². The fourth-order valence-corrected chi connectivity index (χ4v) is 1.93. The van der Waals surface area contributed by atoms with Gasteiger partial charge >= 0.3 is 0 Å². The Bertz CT molecular complexity index is 171. The second-order valence-electron chi connectivity index (χ2n) is 3.64. The molecular weight excluding hydrogens is 150 g/mol. The van der Waals surface area contributed by atoms with Crippen LogP contribution in [0.2, 0.25) is 0 Å². The lowest BCUT2D eigenvalue weighted by Crippen LogP contribution is -2.37. The quantitative estimate of drug-likeness (QED) is 0.577. The highest BCUT2D eigenvalue weighted by molar-refractivity contribution is 5.09. The van der Waals surface area contributed by atoms with E-state index in [-0.39, 0.29) is 0 Å². The lowest BCUT2D eigenvalue weighted by atomic mass is 10.2. The van der Waals surface area contributed by atoms with Gasteiger partial charge in [0, 0.05) is 19.6 Å². The van der Waals surface area contributed by atoms with Gasteiger partial charge in [-0.25, -0.2) is 0 Å². The van der Waals surface area contributed by atoms with Crippen molar-refractivity contribution in [2.75, 3.05) is 32.8 Å². The van der Waals surface area contributed by atoms with E-state index in [0.717, 1.165) is 26.3 Å². The number of hydrogen-bond donors (Lipinski definition) is 0. The van der Waals surface area contributed by atoms with Crippen LogP contribution in [0, 0.1) is 0 Å². The first-order valence-electron chi connectivity index (χ1n) is 4.93. The molecule has 1 aliphatic carbocycles. The molecule has 0 radical (unpaired) electrons. The third-order valence-electron chi connectivity index (χ3n) is 2.67. The van der Waals surface area contributed by atoms with Gasteiger partial charge in [-0.15, -0.1) is 0 Å². The predicted octanol–water partition coefficient (Wildman–Crippen LogP) is 1.43. The molecule has 0 unspecified atom stereocenters. The van der Waals surface area contributed by atoms with Gasteiger partial charge < -0.3 is 4.74 Å². The molecule has 1 saturated heterocycles. The third kappa shape index (κ3) is 2.08. The lowest BCUT2D eigenvalue weighted by Gasteiger charge is -2.26. The second kappa shape index (κ2) is 4.06. The fraction of sp³-hybridized carbons (Fsp3) is 0.800. The molecule has 0 aromatic heterocycles. The molecule has 2 nitrogen and oxygen atoms in total. The largest absolute Gasteiger partial charge is 0.379 e. The van der Waals surface area contributed by atoms with Gasteiger partial charge in [0.15, 0.2) is 0 Å².